The number of aryl methyl sites for hydroxylation is 1. The predicted molar refractivity (Wildman–Crippen MR) is 88.0 cm³/mol. The lowest BCUT2D eigenvalue weighted by Crippen LogP contribution is -2.04. The van der Waals surface area contributed by atoms with Crippen molar-refractivity contribution in [3.05, 3.63) is 67.0 Å². The number of imidazole rings is 1. The second-order valence-electron chi connectivity index (χ2n) is 5.17. The molecule has 4 rings (SSSR count). The lowest BCUT2D eigenvalue weighted by molar-refractivity contribution is 0.642. The van der Waals surface area contributed by atoms with Crippen LogP contribution in [0.4, 0.5) is 0 Å². The van der Waals surface area contributed by atoms with Gasteiger partial charge in [0.05, 0.1) is 16.7 Å². The summed E-state index contributed by atoms with van der Waals surface area (Å²) in [5.74, 6) is 1.04. The average molecular weight is 288 g/mol. The summed E-state index contributed by atoms with van der Waals surface area (Å²) in [5.41, 5.74) is 4.19. The van der Waals surface area contributed by atoms with E-state index in [0.29, 0.717) is 0 Å². The molecule has 2 aromatic carbocycles. The summed E-state index contributed by atoms with van der Waals surface area (Å²) in [6.45, 7) is 2.92. The molecule has 4 aromatic rings. The van der Waals surface area contributed by atoms with Gasteiger partial charge in [0.25, 0.3) is 0 Å². The van der Waals surface area contributed by atoms with Gasteiger partial charge >= 0.3 is 0 Å². The number of nitrogens with zero attached hydrogens (tertiary/aromatic N) is 4. The molecule has 0 bridgehead atoms. The first-order chi connectivity index (χ1) is 10.9. The van der Waals surface area contributed by atoms with E-state index >= 15 is 0 Å². The van der Waals surface area contributed by atoms with Gasteiger partial charge in [-0.2, -0.15) is 5.10 Å². The van der Waals surface area contributed by atoms with Gasteiger partial charge < -0.3 is 0 Å². The highest BCUT2D eigenvalue weighted by atomic mass is 15.3. The topological polar surface area (TPSA) is 35.6 Å². The first-order valence-electron chi connectivity index (χ1n) is 7.42. The third-order valence-electron chi connectivity index (χ3n) is 3.83. The second kappa shape index (κ2) is 5.15. The van der Waals surface area contributed by atoms with Crippen LogP contribution in [0, 0.1) is 0 Å². The number of fused-ring (bicyclic) bond motifs is 1. The van der Waals surface area contributed by atoms with Crippen molar-refractivity contribution >= 4 is 11.0 Å². The van der Waals surface area contributed by atoms with Crippen molar-refractivity contribution in [1.29, 1.82) is 0 Å². The molecule has 2 heterocycles. The van der Waals surface area contributed by atoms with Crippen molar-refractivity contribution in [3.63, 3.8) is 0 Å². The van der Waals surface area contributed by atoms with Gasteiger partial charge in [0, 0.05) is 18.2 Å². The van der Waals surface area contributed by atoms with Gasteiger partial charge in [-0.1, -0.05) is 42.5 Å². The van der Waals surface area contributed by atoms with Crippen LogP contribution < -0.4 is 0 Å². The Labute approximate surface area is 128 Å². The molecule has 0 aliphatic rings. The largest absolute Gasteiger partial charge is 0.283 e. The van der Waals surface area contributed by atoms with E-state index < -0.39 is 0 Å². The lowest BCUT2D eigenvalue weighted by Gasteiger charge is -2.05. The minimum absolute atomic E-state index is 0.814. The molecule has 2 aromatic heterocycles. The van der Waals surface area contributed by atoms with Crippen molar-refractivity contribution in [1.82, 2.24) is 19.3 Å². The molecule has 0 spiro atoms. The third kappa shape index (κ3) is 2.00. The van der Waals surface area contributed by atoms with Gasteiger partial charge in [0.1, 0.15) is 12.1 Å². The standard InChI is InChI=1S/C18H16N4/c1-2-22-18(12-16(20-22)14-8-4-3-5-9-14)21-13-19-15-10-6-7-11-17(15)21/h3-13H,2H2,1H3. The zero-order chi connectivity index (χ0) is 14.9. The summed E-state index contributed by atoms with van der Waals surface area (Å²) in [6, 6.07) is 20.5. The van der Waals surface area contributed by atoms with Gasteiger partial charge in [-0.15, -0.1) is 0 Å². The molecule has 0 amide bonds. The van der Waals surface area contributed by atoms with Crippen LogP contribution in [-0.2, 0) is 6.54 Å². The summed E-state index contributed by atoms with van der Waals surface area (Å²) in [4.78, 5) is 4.47. The Morgan fingerprint density at radius 1 is 0.955 bits per heavy atom. The molecule has 108 valence electrons. The maximum Gasteiger partial charge on any atom is 0.137 e. The van der Waals surface area contributed by atoms with Crippen molar-refractivity contribution in [2.24, 2.45) is 0 Å². The van der Waals surface area contributed by atoms with E-state index in [1.807, 2.05) is 47.4 Å². The van der Waals surface area contributed by atoms with Crippen molar-refractivity contribution in [2.75, 3.05) is 0 Å². The number of rotatable bonds is 3. The SMILES string of the molecule is CCn1nc(-c2ccccc2)cc1-n1cnc2ccccc21. The molecule has 4 nitrogen and oxygen atoms in total. The van der Waals surface area contributed by atoms with Gasteiger partial charge in [0.2, 0.25) is 0 Å². The summed E-state index contributed by atoms with van der Waals surface area (Å²) in [6.07, 6.45) is 1.86. The van der Waals surface area contributed by atoms with Gasteiger partial charge in [-0.3, -0.25) is 4.57 Å². The molecule has 0 saturated carbocycles. The van der Waals surface area contributed by atoms with Crippen LogP contribution in [0.25, 0.3) is 28.1 Å². The highest BCUT2D eigenvalue weighted by Gasteiger charge is 2.12. The maximum absolute atomic E-state index is 4.73. The van der Waals surface area contributed by atoms with E-state index in [9.17, 15) is 0 Å². The normalized spacial score (nSPS) is 11.1. The van der Waals surface area contributed by atoms with Crippen LogP contribution in [0.15, 0.2) is 67.0 Å². The van der Waals surface area contributed by atoms with Crippen molar-refractivity contribution in [2.45, 2.75) is 13.5 Å². The van der Waals surface area contributed by atoms with E-state index in [1.165, 1.54) is 0 Å². The molecule has 0 radical (unpaired) electrons. The maximum atomic E-state index is 4.73. The molecule has 0 N–H and O–H groups in total. The van der Waals surface area contributed by atoms with Crippen molar-refractivity contribution in [3.8, 4) is 17.1 Å². The monoisotopic (exact) mass is 288 g/mol. The number of benzene rings is 2. The highest BCUT2D eigenvalue weighted by Crippen LogP contribution is 2.24. The van der Waals surface area contributed by atoms with E-state index in [2.05, 4.69) is 40.7 Å². The summed E-state index contributed by atoms with van der Waals surface area (Å²) in [5, 5.41) is 4.73. The van der Waals surface area contributed by atoms with Gasteiger partial charge in [-0.25, -0.2) is 9.67 Å². The van der Waals surface area contributed by atoms with Crippen LogP contribution in [-0.4, -0.2) is 19.3 Å². The Morgan fingerprint density at radius 2 is 1.73 bits per heavy atom. The molecule has 0 atom stereocenters. The molecule has 0 fully saturated rings. The van der Waals surface area contributed by atoms with Crippen LogP contribution >= 0.6 is 0 Å². The molecule has 22 heavy (non-hydrogen) atoms. The van der Waals surface area contributed by atoms with Crippen molar-refractivity contribution < 1.29 is 0 Å². The number of hydrogen-bond acceptors (Lipinski definition) is 2. The Kier molecular flexibility index (Phi) is 3.00. The Balaban J connectivity index is 1.90. The van der Waals surface area contributed by atoms with Crippen LogP contribution in [0.3, 0.4) is 0 Å². The first-order valence-corrected chi connectivity index (χ1v) is 7.42. The minimum Gasteiger partial charge on any atom is -0.283 e. The number of aromatic nitrogens is 4. The molecule has 4 heteroatoms. The summed E-state index contributed by atoms with van der Waals surface area (Å²) in [7, 11) is 0. The zero-order valence-electron chi connectivity index (χ0n) is 12.3. The lowest BCUT2D eigenvalue weighted by atomic mass is 10.1. The molecule has 0 aliphatic heterocycles. The Bertz CT molecular complexity index is 919. The quantitative estimate of drug-likeness (QED) is 0.573. The smallest absolute Gasteiger partial charge is 0.137 e. The summed E-state index contributed by atoms with van der Waals surface area (Å²) >= 11 is 0. The predicted octanol–water partition coefficient (Wildman–Crippen LogP) is 3.91. The number of para-hydroxylation sites is 2. The molecule has 0 unspecified atom stereocenters. The van der Waals surface area contributed by atoms with E-state index in [0.717, 1.165) is 34.7 Å². The fourth-order valence-corrected chi connectivity index (χ4v) is 2.73. The van der Waals surface area contributed by atoms with Crippen LogP contribution in [0.2, 0.25) is 0 Å². The molecular weight excluding hydrogens is 272 g/mol. The third-order valence-corrected chi connectivity index (χ3v) is 3.83. The number of hydrogen-bond donors (Lipinski definition) is 0. The Hall–Kier alpha value is -2.88. The summed E-state index contributed by atoms with van der Waals surface area (Å²) < 4.78 is 4.11. The van der Waals surface area contributed by atoms with E-state index in [-0.39, 0.29) is 0 Å². The zero-order valence-corrected chi connectivity index (χ0v) is 12.3. The fourth-order valence-electron chi connectivity index (χ4n) is 2.73. The second-order valence-corrected chi connectivity index (χ2v) is 5.17. The van der Waals surface area contributed by atoms with E-state index in [1.54, 1.807) is 0 Å². The van der Waals surface area contributed by atoms with Gasteiger partial charge in [-0.05, 0) is 19.1 Å². The molecular formula is C18H16N4. The van der Waals surface area contributed by atoms with Crippen LogP contribution in [0.1, 0.15) is 6.92 Å². The molecule has 0 saturated heterocycles. The minimum atomic E-state index is 0.814. The highest BCUT2D eigenvalue weighted by molar-refractivity contribution is 5.77. The van der Waals surface area contributed by atoms with Gasteiger partial charge in [0.15, 0.2) is 0 Å². The van der Waals surface area contributed by atoms with E-state index in [4.69, 9.17) is 5.10 Å². The van der Waals surface area contributed by atoms with Crippen LogP contribution in [0.5, 0.6) is 0 Å². The first kappa shape index (κ1) is 12.8. The average Bonchev–Trinajstić information content (AvgIpc) is 3.19. The molecule has 0 aliphatic carbocycles. The Morgan fingerprint density at radius 3 is 2.55 bits per heavy atom. The fraction of sp³-hybridized carbons (Fsp3) is 0.111.